The minimum atomic E-state index is 0.796. The molecule has 1 aliphatic rings. The lowest BCUT2D eigenvalue weighted by atomic mass is 10.1. The third kappa shape index (κ3) is 1.22. The molecule has 0 bridgehead atoms. The average Bonchev–Trinajstić information content (AvgIpc) is 2.04. The molecule has 0 radical (unpaired) electrons. The summed E-state index contributed by atoms with van der Waals surface area (Å²) in [5.74, 6) is 5.63. The molecule has 0 fully saturated rings. The molecule has 0 atom stereocenters. The molecule has 0 amide bonds. The Balaban J connectivity index is 2.34. The van der Waals surface area contributed by atoms with Crippen molar-refractivity contribution in [3.05, 3.63) is 23.5 Å². The van der Waals surface area contributed by atoms with Crippen molar-refractivity contribution in [2.75, 3.05) is 6.54 Å². The Kier molecular flexibility index (Phi) is 1.56. The Morgan fingerprint density at radius 2 is 2.45 bits per heavy atom. The van der Waals surface area contributed by atoms with Crippen LogP contribution in [0.15, 0.2) is 12.3 Å². The van der Waals surface area contributed by atoms with Crippen LogP contribution in [-0.4, -0.2) is 21.8 Å². The zero-order valence-electron chi connectivity index (χ0n) is 6.20. The first-order valence-electron chi connectivity index (χ1n) is 3.65. The summed E-state index contributed by atoms with van der Waals surface area (Å²) < 4.78 is 0. The number of hydrogen-bond donors (Lipinski definition) is 1. The number of aromatic nitrogens is 2. The minimum absolute atomic E-state index is 0.796. The van der Waals surface area contributed by atoms with Crippen LogP contribution in [0.2, 0.25) is 0 Å². The van der Waals surface area contributed by atoms with Crippen molar-refractivity contribution in [1.82, 2.24) is 15.2 Å². The van der Waals surface area contributed by atoms with Gasteiger partial charge in [0, 0.05) is 25.7 Å². The topological polar surface area (TPSA) is 55.0 Å². The van der Waals surface area contributed by atoms with E-state index in [1.165, 1.54) is 5.56 Å². The zero-order chi connectivity index (χ0) is 7.68. The van der Waals surface area contributed by atoms with Gasteiger partial charge in [-0.1, -0.05) is 0 Å². The second kappa shape index (κ2) is 2.56. The largest absolute Gasteiger partial charge is 0.268 e. The van der Waals surface area contributed by atoms with Crippen molar-refractivity contribution in [3.8, 4) is 0 Å². The maximum Gasteiger partial charge on any atom is 0.0689 e. The molecule has 1 aliphatic heterocycles. The van der Waals surface area contributed by atoms with Gasteiger partial charge >= 0.3 is 0 Å². The van der Waals surface area contributed by atoms with Gasteiger partial charge in [0.05, 0.1) is 5.69 Å². The Bertz CT molecular complexity index is 260. The van der Waals surface area contributed by atoms with Crippen molar-refractivity contribution < 1.29 is 0 Å². The minimum Gasteiger partial charge on any atom is -0.268 e. The highest BCUT2D eigenvalue weighted by molar-refractivity contribution is 5.19. The monoisotopic (exact) mass is 150 g/mol. The summed E-state index contributed by atoms with van der Waals surface area (Å²) in [6.45, 7) is 1.68. The summed E-state index contributed by atoms with van der Waals surface area (Å²) in [4.78, 5) is 0. The lowest BCUT2D eigenvalue weighted by Crippen LogP contribution is -2.36. The molecule has 0 spiro atoms. The van der Waals surface area contributed by atoms with Crippen LogP contribution < -0.4 is 5.84 Å². The van der Waals surface area contributed by atoms with Gasteiger partial charge in [0.2, 0.25) is 0 Å². The number of hydrogen-bond acceptors (Lipinski definition) is 4. The molecule has 0 saturated carbocycles. The van der Waals surface area contributed by atoms with Gasteiger partial charge in [-0.2, -0.15) is 10.2 Å². The van der Waals surface area contributed by atoms with Crippen LogP contribution in [0.1, 0.15) is 11.3 Å². The predicted molar refractivity (Wildman–Crippen MR) is 40.3 cm³/mol. The molecule has 2 rings (SSSR count). The second-order valence-corrected chi connectivity index (χ2v) is 2.72. The summed E-state index contributed by atoms with van der Waals surface area (Å²) >= 11 is 0. The van der Waals surface area contributed by atoms with E-state index >= 15 is 0 Å². The highest BCUT2D eigenvalue weighted by atomic mass is 15.4. The van der Waals surface area contributed by atoms with E-state index in [-0.39, 0.29) is 0 Å². The fourth-order valence-electron chi connectivity index (χ4n) is 1.29. The first-order valence-corrected chi connectivity index (χ1v) is 3.65. The van der Waals surface area contributed by atoms with Gasteiger partial charge in [0.25, 0.3) is 0 Å². The molecule has 0 aliphatic carbocycles. The molecule has 0 aromatic carbocycles. The Morgan fingerprint density at radius 1 is 1.55 bits per heavy atom. The van der Waals surface area contributed by atoms with Gasteiger partial charge < -0.3 is 0 Å². The lowest BCUT2D eigenvalue weighted by molar-refractivity contribution is 0.259. The molecule has 2 N–H and O–H groups in total. The second-order valence-electron chi connectivity index (χ2n) is 2.72. The number of hydrazine groups is 1. The van der Waals surface area contributed by atoms with E-state index in [9.17, 15) is 0 Å². The van der Waals surface area contributed by atoms with E-state index in [2.05, 4.69) is 10.2 Å². The first kappa shape index (κ1) is 6.69. The van der Waals surface area contributed by atoms with Gasteiger partial charge in [-0.05, 0) is 11.6 Å². The van der Waals surface area contributed by atoms with E-state index in [4.69, 9.17) is 5.84 Å². The SMILES string of the molecule is NN1CCc2nnccc2C1. The highest BCUT2D eigenvalue weighted by Gasteiger charge is 2.13. The molecule has 1 aromatic heterocycles. The van der Waals surface area contributed by atoms with Crippen LogP contribution in [0, 0.1) is 0 Å². The summed E-state index contributed by atoms with van der Waals surface area (Å²) in [6.07, 6.45) is 2.62. The fourth-order valence-corrected chi connectivity index (χ4v) is 1.29. The van der Waals surface area contributed by atoms with Crippen LogP contribution >= 0.6 is 0 Å². The normalized spacial score (nSPS) is 17.9. The van der Waals surface area contributed by atoms with Gasteiger partial charge in [0.15, 0.2) is 0 Å². The van der Waals surface area contributed by atoms with Crippen molar-refractivity contribution in [1.29, 1.82) is 0 Å². The van der Waals surface area contributed by atoms with Crippen LogP contribution in [0.5, 0.6) is 0 Å². The Morgan fingerprint density at radius 3 is 3.36 bits per heavy atom. The van der Waals surface area contributed by atoms with Crippen LogP contribution in [0.3, 0.4) is 0 Å². The first-order chi connectivity index (χ1) is 5.36. The molecule has 0 unspecified atom stereocenters. The summed E-state index contributed by atoms with van der Waals surface area (Å²) in [7, 11) is 0. The number of nitrogens with two attached hydrogens (primary N) is 1. The molecular weight excluding hydrogens is 140 g/mol. The molecular formula is C7H10N4. The molecule has 1 aromatic rings. The van der Waals surface area contributed by atoms with Crippen LogP contribution in [-0.2, 0) is 13.0 Å². The highest BCUT2D eigenvalue weighted by Crippen LogP contribution is 2.11. The standard InChI is InChI=1S/C7H10N4/c8-11-4-2-7-6(5-11)1-3-9-10-7/h1,3H,2,4-5,8H2. The molecule has 2 heterocycles. The molecule has 4 heteroatoms. The lowest BCUT2D eigenvalue weighted by Gasteiger charge is -2.22. The van der Waals surface area contributed by atoms with E-state index in [1.807, 2.05) is 6.07 Å². The molecule has 58 valence electrons. The number of rotatable bonds is 0. The molecule has 0 saturated heterocycles. The van der Waals surface area contributed by atoms with Crippen molar-refractivity contribution in [2.45, 2.75) is 13.0 Å². The third-order valence-corrected chi connectivity index (χ3v) is 1.90. The maximum atomic E-state index is 5.63. The molecule has 4 nitrogen and oxygen atoms in total. The van der Waals surface area contributed by atoms with E-state index in [0.717, 1.165) is 25.2 Å². The zero-order valence-corrected chi connectivity index (χ0v) is 6.20. The van der Waals surface area contributed by atoms with E-state index in [1.54, 1.807) is 11.2 Å². The predicted octanol–water partition coefficient (Wildman–Crippen LogP) is -0.292. The average molecular weight is 150 g/mol. The van der Waals surface area contributed by atoms with Gasteiger partial charge in [-0.25, -0.2) is 5.01 Å². The Hall–Kier alpha value is -1.00. The number of nitrogens with zero attached hydrogens (tertiary/aromatic N) is 3. The van der Waals surface area contributed by atoms with Crippen LogP contribution in [0.4, 0.5) is 0 Å². The van der Waals surface area contributed by atoms with Crippen molar-refractivity contribution >= 4 is 0 Å². The number of fused-ring (bicyclic) bond motifs is 1. The fraction of sp³-hybridized carbons (Fsp3) is 0.429. The summed E-state index contributed by atoms with van der Waals surface area (Å²) in [5.41, 5.74) is 2.29. The van der Waals surface area contributed by atoms with E-state index < -0.39 is 0 Å². The Labute approximate surface area is 65.0 Å². The maximum absolute atomic E-state index is 5.63. The third-order valence-electron chi connectivity index (χ3n) is 1.90. The van der Waals surface area contributed by atoms with Crippen molar-refractivity contribution in [3.63, 3.8) is 0 Å². The quantitative estimate of drug-likeness (QED) is 0.516. The van der Waals surface area contributed by atoms with Crippen LogP contribution in [0.25, 0.3) is 0 Å². The molecule has 11 heavy (non-hydrogen) atoms. The smallest absolute Gasteiger partial charge is 0.0689 e. The summed E-state index contributed by atoms with van der Waals surface area (Å²) in [6, 6.07) is 1.97. The van der Waals surface area contributed by atoms with Gasteiger partial charge in [-0.15, -0.1) is 0 Å². The van der Waals surface area contributed by atoms with E-state index in [0.29, 0.717) is 0 Å². The summed E-state index contributed by atoms with van der Waals surface area (Å²) in [5, 5.41) is 9.63. The van der Waals surface area contributed by atoms with Gasteiger partial charge in [-0.3, -0.25) is 5.84 Å². The van der Waals surface area contributed by atoms with Gasteiger partial charge in [0.1, 0.15) is 0 Å². The van der Waals surface area contributed by atoms with Crippen molar-refractivity contribution in [2.24, 2.45) is 5.84 Å².